The van der Waals surface area contributed by atoms with E-state index in [0.717, 1.165) is 0 Å². The summed E-state index contributed by atoms with van der Waals surface area (Å²) in [4.78, 5) is 22.8. The normalized spacial score (nSPS) is 13.4. The first kappa shape index (κ1) is 14.8. The van der Waals surface area contributed by atoms with Gasteiger partial charge < -0.3 is 26.0 Å². The molecule has 0 spiro atoms. The van der Waals surface area contributed by atoms with Crippen molar-refractivity contribution in [2.75, 3.05) is 12.8 Å². The molecule has 1 amide bonds. The van der Waals surface area contributed by atoms with Gasteiger partial charge in [-0.25, -0.2) is 4.79 Å². The van der Waals surface area contributed by atoms with E-state index in [2.05, 4.69) is 5.32 Å². The number of carboxylic acids is 1. The van der Waals surface area contributed by atoms with E-state index in [0.29, 0.717) is 5.69 Å². The van der Waals surface area contributed by atoms with Crippen LogP contribution in [0.4, 0.5) is 5.69 Å². The standard InChI is InChI=1S/C12H16N2O5/c1-6(15)10(12(17)18)14-11(16)8-4-3-7(13)5-9(8)19-2/h3-6,10,15H,13H2,1-2H3,(H,14,16)(H,17,18)/t6-,10+/m1/s1. The lowest BCUT2D eigenvalue weighted by molar-refractivity contribution is -0.141. The van der Waals surface area contributed by atoms with Crippen molar-refractivity contribution in [2.45, 2.75) is 19.1 Å². The highest BCUT2D eigenvalue weighted by Crippen LogP contribution is 2.21. The summed E-state index contributed by atoms with van der Waals surface area (Å²) in [5, 5.41) is 20.4. The largest absolute Gasteiger partial charge is 0.496 e. The van der Waals surface area contributed by atoms with Crippen LogP contribution >= 0.6 is 0 Å². The molecule has 7 nitrogen and oxygen atoms in total. The molecule has 1 rings (SSSR count). The van der Waals surface area contributed by atoms with Crippen molar-refractivity contribution in [3.8, 4) is 5.75 Å². The number of aliphatic hydroxyl groups is 1. The average Bonchev–Trinajstić information content (AvgIpc) is 2.34. The second-order valence-electron chi connectivity index (χ2n) is 3.99. The zero-order valence-electron chi connectivity index (χ0n) is 10.6. The third-order valence-electron chi connectivity index (χ3n) is 2.51. The highest BCUT2D eigenvalue weighted by atomic mass is 16.5. The van der Waals surface area contributed by atoms with Gasteiger partial charge in [0.15, 0.2) is 6.04 Å². The second-order valence-corrected chi connectivity index (χ2v) is 3.99. The molecule has 0 unspecified atom stereocenters. The Hall–Kier alpha value is -2.28. The molecule has 0 bridgehead atoms. The molecule has 0 fully saturated rings. The number of methoxy groups -OCH3 is 1. The van der Waals surface area contributed by atoms with Gasteiger partial charge in [-0.2, -0.15) is 0 Å². The number of nitrogens with two attached hydrogens (primary N) is 1. The monoisotopic (exact) mass is 268 g/mol. The van der Waals surface area contributed by atoms with Gasteiger partial charge >= 0.3 is 5.97 Å². The Morgan fingerprint density at radius 1 is 1.42 bits per heavy atom. The Morgan fingerprint density at radius 2 is 2.05 bits per heavy atom. The fourth-order valence-electron chi connectivity index (χ4n) is 1.50. The smallest absolute Gasteiger partial charge is 0.328 e. The number of carboxylic acid groups (broad SMARTS) is 1. The van der Waals surface area contributed by atoms with Gasteiger partial charge in [-0.05, 0) is 19.1 Å². The molecule has 0 aliphatic heterocycles. The predicted molar refractivity (Wildman–Crippen MR) is 68.0 cm³/mol. The molecule has 0 radical (unpaired) electrons. The van der Waals surface area contributed by atoms with Gasteiger partial charge in [-0.1, -0.05) is 0 Å². The van der Waals surface area contributed by atoms with Crippen LogP contribution in [0.25, 0.3) is 0 Å². The number of benzene rings is 1. The number of anilines is 1. The zero-order valence-corrected chi connectivity index (χ0v) is 10.6. The summed E-state index contributed by atoms with van der Waals surface area (Å²) in [6, 6.07) is 2.97. The number of aliphatic hydroxyl groups excluding tert-OH is 1. The SMILES string of the molecule is COc1cc(N)ccc1C(=O)N[C@H](C(=O)O)[C@@H](C)O. The summed E-state index contributed by atoms with van der Waals surface area (Å²) in [7, 11) is 1.37. The van der Waals surface area contributed by atoms with Crippen LogP contribution in [0.5, 0.6) is 5.75 Å². The summed E-state index contributed by atoms with van der Waals surface area (Å²) < 4.78 is 5.00. The Labute approximate surface area is 110 Å². The third-order valence-corrected chi connectivity index (χ3v) is 2.51. The number of nitrogen functional groups attached to an aromatic ring is 1. The highest BCUT2D eigenvalue weighted by Gasteiger charge is 2.26. The molecule has 104 valence electrons. The maximum absolute atomic E-state index is 11.9. The van der Waals surface area contributed by atoms with Crippen molar-refractivity contribution in [1.82, 2.24) is 5.32 Å². The summed E-state index contributed by atoms with van der Waals surface area (Å²) >= 11 is 0. The first-order valence-electron chi connectivity index (χ1n) is 5.52. The number of nitrogens with one attached hydrogen (secondary N) is 1. The number of carbonyl (C=O) groups is 2. The molecule has 7 heteroatoms. The molecular weight excluding hydrogens is 252 g/mol. The van der Waals surface area contributed by atoms with E-state index in [-0.39, 0.29) is 11.3 Å². The Morgan fingerprint density at radius 3 is 2.53 bits per heavy atom. The van der Waals surface area contributed by atoms with Crippen LogP contribution in [0.3, 0.4) is 0 Å². The lowest BCUT2D eigenvalue weighted by Gasteiger charge is -2.18. The first-order chi connectivity index (χ1) is 8.86. The first-order valence-corrected chi connectivity index (χ1v) is 5.52. The number of hydrogen-bond acceptors (Lipinski definition) is 5. The fraction of sp³-hybridized carbons (Fsp3) is 0.333. The van der Waals surface area contributed by atoms with Gasteiger partial charge in [0, 0.05) is 11.8 Å². The fourth-order valence-corrected chi connectivity index (χ4v) is 1.50. The van der Waals surface area contributed by atoms with Gasteiger partial charge in [0.25, 0.3) is 5.91 Å². The van der Waals surface area contributed by atoms with Crippen molar-refractivity contribution in [3.05, 3.63) is 23.8 Å². The van der Waals surface area contributed by atoms with E-state index >= 15 is 0 Å². The van der Waals surface area contributed by atoms with Crippen molar-refractivity contribution in [2.24, 2.45) is 0 Å². The Kier molecular flexibility index (Phi) is 4.71. The van der Waals surface area contributed by atoms with Crippen molar-refractivity contribution in [3.63, 3.8) is 0 Å². The third kappa shape index (κ3) is 3.59. The minimum Gasteiger partial charge on any atom is -0.496 e. The van der Waals surface area contributed by atoms with Gasteiger partial charge in [0.2, 0.25) is 0 Å². The molecule has 0 aliphatic rings. The summed E-state index contributed by atoms with van der Waals surface area (Å²) in [5.74, 6) is -1.75. The Balaban J connectivity index is 2.97. The van der Waals surface area contributed by atoms with Crippen LogP contribution in [0.15, 0.2) is 18.2 Å². The number of rotatable bonds is 5. The minimum absolute atomic E-state index is 0.142. The molecule has 2 atom stereocenters. The van der Waals surface area contributed by atoms with Gasteiger partial charge in [-0.15, -0.1) is 0 Å². The minimum atomic E-state index is -1.39. The van der Waals surface area contributed by atoms with Gasteiger partial charge in [0.1, 0.15) is 5.75 Å². The molecule has 19 heavy (non-hydrogen) atoms. The molecule has 0 heterocycles. The topological polar surface area (TPSA) is 122 Å². The van der Waals surface area contributed by atoms with Crippen LogP contribution in [0, 0.1) is 0 Å². The maximum Gasteiger partial charge on any atom is 0.328 e. The number of hydrogen-bond donors (Lipinski definition) is 4. The van der Waals surface area contributed by atoms with Crippen molar-refractivity contribution >= 4 is 17.6 Å². The lowest BCUT2D eigenvalue weighted by atomic mass is 10.1. The average molecular weight is 268 g/mol. The molecule has 0 aliphatic carbocycles. The summed E-state index contributed by atoms with van der Waals surface area (Å²) in [6.07, 6.45) is -1.22. The molecule has 1 aromatic rings. The summed E-state index contributed by atoms with van der Waals surface area (Å²) in [5.41, 5.74) is 6.11. The van der Waals surface area contributed by atoms with E-state index < -0.39 is 24.0 Å². The second kappa shape index (κ2) is 6.05. The van der Waals surface area contributed by atoms with E-state index in [9.17, 15) is 14.7 Å². The van der Waals surface area contributed by atoms with Crippen molar-refractivity contribution < 1.29 is 24.5 Å². The molecule has 0 saturated carbocycles. The predicted octanol–water partition coefficient (Wildman–Crippen LogP) is -0.159. The molecule has 1 aromatic carbocycles. The van der Waals surface area contributed by atoms with Gasteiger partial charge in [-0.3, -0.25) is 4.79 Å². The molecule has 0 aromatic heterocycles. The highest BCUT2D eigenvalue weighted by molar-refractivity contribution is 5.99. The van der Waals surface area contributed by atoms with E-state index in [4.69, 9.17) is 15.6 Å². The molecular formula is C12H16N2O5. The van der Waals surface area contributed by atoms with Crippen LogP contribution in [-0.2, 0) is 4.79 Å². The number of carbonyl (C=O) groups excluding carboxylic acids is 1. The number of aliphatic carboxylic acids is 1. The van der Waals surface area contributed by atoms with E-state index in [1.807, 2.05) is 0 Å². The summed E-state index contributed by atoms with van der Waals surface area (Å²) in [6.45, 7) is 1.28. The Bertz CT molecular complexity index is 487. The van der Waals surface area contributed by atoms with E-state index in [1.54, 1.807) is 0 Å². The lowest BCUT2D eigenvalue weighted by Crippen LogP contribution is -2.47. The van der Waals surface area contributed by atoms with Crippen LogP contribution in [-0.4, -0.2) is 41.3 Å². The zero-order chi connectivity index (χ0) is 14.6. The molecule has 0 saturated heterocycles. The van der Waals surface area contributed by atoms with Gasteiger partial charge in [0.05, 0.1) is 18.8 Å². The van der Waals surface area contributed by atoms with Crippen molar-refractivity contribution in [1.29, 1.82) is 0 Å². The maximum atomic E-state index is 11.9. The molecule has 5 N–H and O–H groups in total. The number of amides is 1. The van der Waals surface area contributed by atoms with E-state index in [1.165, 1.54) is 32.2 Å². The van der Waals surface area contributed by atoms with Crippen LogP contribution in [0.2, 0.25) is 0 Å². The quantitative estimate of drug-likeness (QED) is 0.550. The van der Waals surface area contributed by atoms with Crippen LogP contribution < -0.4 is 15.8 Å². The van der Waals surface area contributed by atoms with Crippen LogP contribution in [0.1, 0.15) is 17.3 Å². The number of ether oxygens (including phenoxy) is 1.